The molecule has 1 amide bonds. The molecule has 2 aromatic rings. The van der Waals surface area contributed by atoms with Crippen LogP contribution < -0.4 is 5.32 Å². The Balaban J connectivity index is 2.05. The van der Waals surface area contributed by atoms with E-state index in [9.17, 15) is 9.36 Å². The maximum absolute atomic E-state index is 12.3. The average molecular weight is 393 g/mol. The topological polar surface area (TPSA) is 95.9 Å². The van der Waals surface area contributed by atoms with Gasteiger partial charge in [-0.1, -0.05) is 69.0 Å². The molecule has 0 saturated carbocycles. The number of rotatable bonds is 11. The number of carbonyl (C=O) groups is 1. The smallest absolute Gasteiger partial charge is 0.347 e. The Hall–Kier alpha value is -1.72. The fourth-order valence-electron chi connectivity index (χ4n) is 2.97. The van der Waals surface area contributed by atoms with Crippen molar-refractivity contribution in [3.8, 4) is 0 Å². The Labute approximate surface area is 160 Å². The van der Waals surface area contributed by atoms with E-state index in [1.807, 2.05) is 42.5 Å². The molecule has 0 radical (unpaired) electrons. The second-order valence-corrected chi connectivity index (χ2v) is 7.92. The molecular formula is C20H28NO5P. The van der Waals surface area contributed by atoms with Crippen molar-refractivity contribution < 1.29 is 23.7 Å². The summed E-state index contributed by atoms with van der Waals surface area (Å²) in [5, 5.41) is 4.90. The van der Waals surface area contributed by atoms with Gasteiger partial charge in [-0.25, -0.2) is 4.57 Å². The van der Waals surface area contributed by atoms with Gasteiger partial charge in [-0.3, -0.25) is 9.32 Å². The Morgan fingerprint density at radius 3 is 2.48 bits per heavy atom. The largest absolute Gasteiger partial charge is 0.469 e. The zero-order chi connectivity index (χ0) is 19.7. The first kappa shape index (κ1) is 21.6. The van der Waals surface area contributed by atoms with E-state index >= 15 is 0 Å². The van der Waals surface area contributed by atoms with E-state index in [4.69, 9.17) is 9.79 Å². The highest BCUT2D eigenvalue weighted by molar-refractivity contribution is 7.46. The fraction of sp³-hybridized carbons (Fsp3) is 0.450. The third-order valence-corrected chi connectivity index (χ3v) is 4.91. The first-order chi connectivity index (χ1) is 12.9. The molecule has 0 aliphatic rings. The lowest BCUT2D eigenvalue weighted by Gasteiger charge is -2.20. The normalized spacial score (nSPS) is 12.9. The first-order valence-electron chi connectivity index (χ1n) is 9.37. The van der Waals surface area contributed by atoms with Crippen molar-refractivity contribution in [3.05, 3.63) is 48.0 Å². The van der Waals surface area contributed by atoms with E-state index in [1.165, 1.54) is 0 Å². The zero-order valence-electron chi connectivity index (χ0n) is 15.6. The molecule has 0 fully saturated rings. The Morgan fingerprint density at radius 2 is 1.78 bits per heavy atom. The summed E-state index contributed by atoms with van der Waals surface area (Å²) in [5.74, 6) is -0.140. The van der Waals surface area contributed by atoms with Crippen LogP contribution >= 0.6 is 7.82 Å². The molecule has 0 spiro atoms. The molecule has 27 heavy (non-hydrogen) atoms. The first-order valence-corrected chi connectivity index (χ1v) is 10.9. The highest BCUT2D eigenvalue weighted by Crippen LogP contribution is 2.37. The van der Waals surface area contributed by atoms with Crippen LogP contribution in [0.25, 0.3) is 10.8 Å². The number of hydrogen-bond acceptors (Lipinski definition) is 3. The predicted molar refractivity (Wildman–Crippen MR) is 106 cm³/mol. The summed E-state index contributed by atoms with van der Waals surface area (Å²) in [5.41, 5.74) is 0.751. The van der Waals surface area contributed by atoms with Crippen molar-refractivity contribution in [1.29, 1.82) is 0 Å². The van der Waals surface area contributed by atoms with E-state index in [1.54, 1.807) is 0 Å². The number of benzene rings is 2. The van der Waals surface area contributed by atoms with Crippen LogP contribution in [0.15, 0.2) is 42.5 Å². The molecule has 0 saturated heterocycles. The molecule has 6 nitrogen and oxygen atoms in total. The SMILES string of the molecule is CCCCCCCC(=O)NC(COP(=O)(O)O)c1ccc2ccccc2c1. The van der Waals surface area contributed by atoms with Gasteiger partial charge >= 0.3 is 7.82 Å². The molecule has 148 valence electrons. The number of amides is 1. The Bertz CT molecular complexity index is 789. The van der Waals surface area contributed by atoms with E-state index in [0.717, 1.165) is 48.4 Å². The molecule has 1 atom stereocenters. The summed E-state index contributed by atoms with van der Waals surface area (Å²) in [6, 6.07) is 12.8. The van der Waals surface area contributed by atoms with Gasteiger partial charge in [0, 0.05) is 6.42 Å². The van der Waals surface area contributed by atoms with E-state index in [2.05, 4.69) is 16.8 Å². The summed E-state index contributed by atoms with van der Waals surface area (Å²) in [7, 11) is -4.62. The van der Waals surface area contributed by atoms with Crippen LogP contribution in [-0.2, 0) is 13.9 Å². The molecule has 3 N–H and O–H groups in total. The zero-order valence-corrected chi connectivity index (χ0v) is 16.5. The van der Waals surface area contributed by atoms with Gasteiger partial charge in [-0.15, -0.1) is 0 Å². The minimum Gasteiger partial charge on any atom is -0.347 e. The van der Waals surface area contributed by atoms with E-state index in [0.29, 0.717) is 6.42 Å². The third kappa shape index (κ3) is 7.81. The molecule has 2 aromatic carbocycles. The summed E-state index contributed by atoms with van der Waals surface area (Å²) < 4.78 is 15.8. The third-order valence-electron chi connectivity index (χ3n) is 4.43. The van der Waals surface area contributed by atoms with Crippen LogP contribution in [0.1, 0.15) is 57.1 Å². The second-order valence-electron chi connectivity index (χ2n) is 6.68. The maximum Gasteiger partial charge on any atom is 0.469 e. The molecule has 0 aliphatic carbocycles. The molecule has 0 aromatic heterocycles. The monoisotopic (exact) mass is 393 g/mol. The fourth-order valence-corrected chi connectivity index (χ4v) is 3.32. The highest BCUT2D eigenvalue weighted by Gasteiger charge is 2.21. The van der Waals surface area contributed by atoms with Gasteiger partial charge < -0.3 is 15.1 Å². The lowest BCUT2D eigenvalue weighted by atomic mass is 10.0. The second kappa shape index (κ2) is 10.6. The number of hydrogen-bond donors (Lipinski definition) is 3. The van der Waals surface area contributed by atoms with Crippen molar-refractivity contribution >= 4 is 24.5 Å². The number of carbonyl (C=O) groups excluding carboxylic acids is 1. The quantitative estimate of drug-likeness (QED) is 0.387. The van der Waals surface area contributed by atoms with Gasteiger partial charge in [0.05, 0.1) is 12.6 Å². The molecule has 0 heterocycles. The van der Waals surface area contributed by atoms with Gasteiger partial charge in [-0.05, 0) is 28.8 Å². The van der Waals surface area contributed by atoms with Crippen molar-refractivity contribution in [2.45, 2.75) is 51.5 Å². The summed E-state index contributed by atoms with van der Waals surface area (Å²) in [6.07, 6.45) is 5.62. The van der Waals surface area contributed by atoms with Crippen LogP contribution in [-0.4, -0.2) is 22.3 Å². The maximum atomic E-state index is 12.3. The van der Waals surface area contributed by atoms with E-state index in [-0.39, 0.29) is 12.5 Å². The van der Waals surface area contributed by atoms with Gasteiger partial charge in [0.25, 0.3) is 0 Å². The number of fused-ring (bicyclic) bond motifs is 1. The minimum absolute atomic E-state index is 0.140. The summed E-state index contributed by atoms with van der Waals surface area (Å²) in [6.45, 7) is 1.85. The molecule has 2 rings (SSSR count). The van der Waals surface area contributed by atoms with Crippen LogP contribution in [0.2, 0.25) is 0 Å². The van der Waals surface area contributed by atoms with Crippen molar-refractivity contribution in [2.75, 3.05) is 6.61 Å². The Kier molecular flexibility index (Phi) is 8.45. The molecule has 0 bridgehead atoms. The molecule has 7 heteroatoms. The van der Waals surface area contributed by atoms with Crippen molar-refractivity contribution in [2.24, 2.45) is 0 Å². The van der Waals surface area contributed by atoms with Crippen LogP contribution in [0.5, 0.6) is 0 Å². The highest BCUT2D eigenvalue weighted by atomic mass is 31.2. The van der Waals surface area contributed by atoms with Gasteiger partial charge in [0.15, 0.2) is 0 Å². The number of phosphoric acid groups is 1. The molecule has 0 aliphatic heterocycles. The lowest BCUT2D eigenvalue weighted by molar-refractivity contribution is -0.122. The number of nitrogens with one attached hydrogen (secondary N) is 1. The van der Waals surface area contributed by atoms with Crippen LogP contribution in [0.3, 0.4) is 0 Å². The minimum atomic E-state index is -4.62. The number of phosphoric ester groups is 1. The predicted octanol–water partition coefficient (Wildman–Crippen LogP) is 4.47. The van der Waals surface area contributed by atoms with Crippen LogP contribution in [0, 0.1) is 0 Å². The van der Waals surface area contributed by atoms with Crippen LogP contribution in [0.4, 0.5) is 0 Å². The number of unbranched alkanes of at least 4 members (excludes halogenated alkanes) is 4. The van der Waals surface area contributed by atoms with E-state index < -0.39 is 13.9 Å². The summed E-state index contributed by atoms with van der Waals surface area (Å²) in [4.78, 5) is 30.3. The van der Waals surface area contributed by atoms with Crippen molar-refractivity contribution in [3.63, 3.8) is 0 Å². The standard InChI is InChI=1S/C20H28NO5P/c1-2-3-4-5-6-11-20(22)21-19(15-26-27(23,24)25)18-13-12-16-9-7-8-10-17(16)14-18/h7-10,12-14,19H,2-6,11,15H2,1H3,(H,21,22)(H2,23,24,25). The molecule has 1 unspecified atom stereocenters. The lowest BCUT2D eigenvalue weighted by Crippen LogP contribution is -2.31. The average Bonchev–Trinajstić information content (AvgIpc) is 2.64. The summed E-state index contributed by atoms with van der Waals surface area (Å²) >= 11 is 0. The van der Waals surface area contributed by atoms with Crippen molar-refractivity contribution in [1.82, 2.24) is 5.32 Å². The Morgan fingerprint density at radius 1 is 1.07 bits per heavy atom. The van der Waals surface area contributed by atoms with Gasteiger partial charge in [0.2, 0.25) is 5.91 Å². The molecular weight excluding hydrogens is 365 g/mol. The van der Waals surface area contributed by atoms with Gasteiger partial charge in [-0.2, -0.15) is 0 Å². The van der Waals surface area contributed by atoms with Gasteiger partial charge in [0.1, 0.15) is 0 Å².